The fourth-order valence-electron chi connectivity index (χ4n) is 2.96. The summed E-state index contributed by atoms with van der Waals surface area (Å²) in [6.45, 7) is 3.60. The van der Waals surface area contributed by atoms with Crippen molar-refractivity contribution < 1.29 is 28.2 Å². The summed E-state index contributed by atoms with van der Waals surface area (Å²) in [6.07, 6.45) is 0. The van der Waals surface area contributed by atoms with Crippen molar-refractivity contribution in [1.29, 1.82) is 0 Å². The molecule has 2 heterocycles. The fraction of sp³-hybridized carbons (Fsp3) is 0.227. The number of pyridine rings is 2. The van der Waals surface area contributed by atoms with E-state index < -0.39 is 23.0 Å². The molecule has 30 heavy (non-hydrogen) atoms. The van der Waals surface area contributed by atoms with Crippen molar-refractivity contribution in [2.45, 2.75) is 19.3 Å². The van der Waals surface area contributed by atoms with Crippen molar-refractivity contribution in [3.05, 3.63) is 71.2 Å². The number of halogens is 2. The molecule has 2 aromatic heterocycles. The van der Waals surface area contributed by atoms with Crippen molar-refractivity contribution >= 4 is 5.97 Å². The van der Waals surface area contributed by atoms with Gasteiger partial charge < -0.3 is 14.6 Å². The lowest BCUT2D eigenvalue weighted by Crippen LogP contribution is -2.24. The summed E-state index contributed by atoms with van der Waals surface area (Å²) >= 11 is 0. The molecule has 0 unspecified atom stereocenters. The number of hydrogen-bond donors (Lipinski definition) is 1. The van der Waals surface area contributed by atoms with Gasteiger partial charge in [-0.3, -0.25) is 4.98 Å². The van der Waals surface area contributed by atoms with Crippen LogP contribution in [0.2, 0.25) is 0 Å². The average molecular weight is 414 g/mol. The van der Waals surface area contributed by atoms with Crippen LogP contribution in [0.4, 0.5) is 8.78 Å². The number of nitrogens with zero attached hydrogens (tertiary/aromatic N) is 2. The van der Waals surface area contributed by atoms with Gasteiger partial charge in [-0.25, -0.2) is 18.6 Å². The van der Waals surface area contributed by atoms with Gasteiger partial charge in [0.15, 0.2) is 5.69 Å². The topological polar surface area (TPSA) is 81.5 Å². The third kappa shape index (κ3) is 4.07. The molecule has 8 heteroatoms. The Morgan fingerprint density at radius 3 is 2.10 bits per heavy atom. The number of aromatic nitrogens is 2. The van der Waals surface area contributed by atoms with Gasteiger partial charge in [-0.1, -0.05) is 0 Å². The van der Waals surface area contributed by atoms with Crippen LogP contribution in [0.25, 0.3) is 11.3 Å². The van der Waals surface area contributed by atoms with Crippen molar-refractivity contribution in [3.8, 4) is 22.8 Å². The zero-order valence-electron chi connectivity index (χ0n) is 16.9. The Bertz CT molecular complexity index is 1120. The number of rotatable bonds is 6. The molecule has 0 saturated heterocycles. The maximum Gasteiger partial charge on any atom is 0.354 e. The van der Waals surface area contributed by atoms with Crippen molar-refractivity contribution in [2.75, 3.05) is 14.2 Å². The highest BCUT2D eigenvalue weighted by Crippen LogP contribution is 2.35. The first-order valence-corrected chi connectivity index (χ1v) is 8.97. The minimum Gasteiger partial charge on any atom is -0.497 e. The van der Waals surface area contributed by atoms with Crippen LogP contribution in [0.15, 0.2) is 42.5 Å². The quantitative estimate of drug-likeness (QED) is 0.641. The van der Waals surface area contributed by atoms with E-state index in [0.29, 0.717) is 22.9 Å². The van der Waals surface area contributed by atoms with Gasteiger partial charge >= 0.3 is 5.97 Å². The van der Waals surface area contributed by atoms with Crippen LogP contribution in [-0.4, -0.2) is 35.3 Å². The second-order valence-electron chi connectivity index (χ2n) is 7.11. The van der Waals surface area contributed by atoms with Gasteiger partial charge in [-0.05, 0) is 26.0 Å². The number of benzene rings is 1. The molecule has 0 spiro atoms. The first kappa shape index (κ1) is 21.2. The molecule has 0 aliphatic heterocycles. The Morgan fingerprint density at radius 1 is 0.933 bits per heavy atom. The van der Waals surface area contributed by atoms with E-state index >= 15 is 0 Å². The lowest BCUT2D eigenvalue weighted by molar-refractivity contribution is 0.0689. The molecule has 1 N–H and O–H groups in total. The predicted octanol–water partition coefficient (Wildman–Crippen LogP) is 4.46. The van der Waals surface area contributed by atoms with E-state index in [-0.39, 0.29) is 17.0 Å². The van der Waals surface area contributed by atoms with Crippen LogP contribution in [0.3, 0.4) is 0 Å². The molecule has 6 nitrogen and oxygen atoms in total. The molecule has 0 amide bonds. The third-order valence-electron chi connectivity index (χ3n) is 4.78. The average Bonchev–Trinajstić information content (AvgIpc) is 2.72. The van der Waals surface area contributed by atoms with Gasteiger partial charge in [0.2, 0.25) is 0 Å². The molecule has 0 atom stereocenters. The van der Waals surface area contributed by atoms with Gasteiger partial charge in [0.05, 0.1) is 31.3 Å². The van der Waals surface area contributed by atoms with Crippen LogP contribution < -0.4 is 9.47 Å². The van der Waals surface area contributed by atoms with Gasteiger partial charge in [0, 0.05) is 41.3 Å². The number of carbonyl (C=O) groups is 1. The molecule has 0 radical (unpaired) electrons. The largest absolute Gasteiger partial charge is 0.497 e. The van der Waals surface area contributed by atoms with E-state index in [4.69, 9.17) is 9.47 Å². The lowest BCUT2D eigenvalue weighted by Gasteiger charge is -2.25. The number of carboxylic acids is 1. The van der Waals surface area contributed by atoms with Gasteiger partial charge in [0.1, 0.15) is 23.1 Å². The van der Waals surface area contributed by atoms with Crippen molar-refractivity contribution in [3.63, 3.8) is 0 Å². The summed E-state index contributed by atoms with van der Waals surface area (Å²) in [5.74, 6) is -1.90. The zero-order chi connectivity index (χ0) is 22.1. The normalized spacial score (nSPS) is 11.3. The van der Waals surface area contributed by atoms with Crippen LogP contribution in [-0.2, 0) is 5.41 Å². The second-order valence-corrected chi connectivity index (χ2v) is 7.11. The van der Waals surface area contributed by atoms with Crippen LogP contribution in [0.1, 0.15) is 35.7 Å². The molecule has 156 valence electrons. The number of methoxy groups -OCH3 is 2. The SMILES string of the molecule is COc1cc(C(=O)O)nc(C(C)(C)c2cc(OC)cc(-c3ccc(F)cc3F)n2)c1. The van der Waals surface area contributed by atoms with Gasteiger partial charge in [0.25, 0.3) is 0 Å². The molecule has 3 rings (SSSR count). The number of aromatic carboxylic acids is 1. The summed E-state index contributed by atoms with van der Waals surface area (Å²) < 4.78 is 38.2. The van der Waals surface area contributed by atoms with Gasteiger partial charge in [-0.15, -0.1) is 0 Å². The Kier molecular flexibility index (Phi) is 5.69. The highest BCUT2D eigenvalue weighted by atomic mass is 19.1. The van der Waals surface area contributed by atoms with E-state index in [9.17, 15) is 18.7 Å². The van der Waals surface area contributed by atoms with E-state index in [0.717, 1.165) is 12.1 Å². The van der Waals surface area contributed by atoms with E-state index in [1.807, 2.05) is 0 Å². The standard InChI is InChI=1S/C22H20F2N2O4/c1-22(2,20-11-14(30-4)9-18(26-20)21(27)28)19-10-13(29-3)8-17(25-19)15-6-5-12(23)7-16(15)24/h5-11H,1-4H3,(H,27,28). The Morgan fingerprint density at radius 2 is 1.53 bits per heavy atom. The summed E-state index contributed by atoms with van der Waals surface area (Å²) in [7, 11) is 2.89. The van der Waals surface area contributed by atoms with Crippen LogP contribution in [0, 0.1) is 11.6 Å². The molecule has 3 aromatic rings. The summed E-state index contributed by atoms with van der Waals surface area (Å²) in [5, 5.41) is 9.37. The number of hydrogen-bond acceptors (Lipinski definition) is 5. The van der Waals surface area contributed by atoms with E-state index in [2.05, 4.69) is 9.97 Å². The summed E-state index contributed by atoms with van der Waals surface area (Å²) in [5.41, 5.74) is 0.139. The highest BCUT2D eigenvalue weighted by Gasteiger charge is 2.30. The molecule has 0 aliphatic rings. The lowest BCUT2D eigenvalue weighted by atomic mass is 9.84. The number of ether oxygens (including phenoxy) is 2. The Labute approximate surface area is 172 Å². The monoisotopic (exact) mass is 414 g/mol. The highest BCUT2D eigenvalue weighted by molar-refractivity contribution is 5.85. The number of carboxylic acid groups (broad SMARTS) is 1. The molecule has 0 fully saturated rings. The fourth-order valence-corrected chi connectivity index (χ4v) is 2.96. The predicted molar refractivity (Wildman–Crippen MR) is 106 cm³/mol. The van der Waals surface area contributed by atoms with Gasteiger partial charge in [-0.2, -0.15) is 0 Å². The second kappa shape index (κ2) is 8.06. The summed E-state index contributed by atoms with van der Waals surface area (Å²) in [6, 6.07) is 9.36. The first-order valence-electron chi connectivity index (χ1n) is 8.97. The molecule has 0 bridgehead atoms. The van der Waals surface area contributed by atoms with Crippen molar-refractivity contribution in [1.82, 2.24) is 9.97 Å². The van der Waals surface area contributed by atoms with E-state index in [1.165, 1.54) is 32.4 Å². The van der Waals surface area contributed by atoms with Crippen molar-refractivity contribution in [2.24, 2.45) is 0 Å². The van der Waals surface area contributed by atoms with E-state index in [1.54, 1.807) is 26.0 Å². The third-order valence-corrected chi connectivity index (χ3v) is 4.78. The summed E-state index contributed by atoms with van der Waals surface area (Å²) in [4.78, 5) is 20.2. The van der Waals surface area contributed by atoms with Crippen LogP contribution in [0.5, 0.6) is 11.5 Å². The molecule has 0 saturated carbocycles. The Hall–Kier alpha value is -3.55. The van der Waals surface area contributed by atoms with Crippen LogP contribution >= 0.6 is 0 Å². The minimum absolute atomic E-state index is 0.108. The first-order chi connectivity index (χ1) is 14.1. The molecular weight excluding hydrogens is 394 g/mol. The smallest absolute Gasteiger partial charge is 0.354 e. The molecule has 0 aliphatic carbocycles. The minimum atomic E-state index is -1.20. The maximum atomic E-state index is 14.3. The molecular formula is C22H20F2N2O4. The maximum absolute atomic E-state index is 14.3. The Balaban J connectivity index is 2.19. The zero-order valence-corrected chi connectivity index (χ0v) is 16.9. The molecule has 1 aromatic carbocycles.